The number of hydrazone groups is 1. The molecule has 35 heavy (non-hydrogen) atoms. The van der Waals surface area contributed by atoms with Gasteiger partial charge in [-0.25, -0.2) is 10.4 Å². The van der Waals surface area contributed by atoms with Gasteiger partial charge in [-0.3, -0.25) is 4.79 Å². The highest BCUT2D eigenvalue weighted by atomic mass is 32.2. The maximum atomic E-state index is 12.6. The zero-order chi connectivity index (χ0) is 24.8. The molecule has 4 aromatic rings. The van der Waals surface area contributed by atoms with E-state index in [-0.39, 0.29) is 5.91 Å². The third-order valence-electron chi connectivity index (χ3n) is 5.37. The van der Waals surface area contributed by atoms with Crippen LogP contribution in [0.15, 0.2) is 70.9 Å². The fourth-order valence-corrected chi connectivity index (χ4v) is 4.30. The van der Waals surface area contributed by atoms with Crippen molar-refractivity contribution < 1.29 is 19.0 Å². The van der Waals surface area contributed by atoms with Crippen molar-refractivity contribution in [3.8, 4) is 17.2 Å². The van der Waals surface area contributed by atoms with E-state index < -0.39 is 0 Å². The molecule has 1 heterocycles. The van der Waals surface area contributed by atoms with Gasteiger partial charge in [0.2, 0.25) is 5.75 Å². The Balaban J connectivity index is 1.39. The highest BCUT2D eigenvalue weighted by molar-refractivity contribution is 7.98. The molecule has 2 N–H and O–H groups in total. The Morgan fingerprint density at radius 3 is 2.29 bits per heavy atom. The summed E-state index contributed by atoms with van der Waals surface area (Å²) in [4.78, 5) is 20.5. The van der Waals surface area contributed by atoms with E-state index >= 15 is 0 Å². The summed E-state index contributed by atoms with van der Waals surface area (Å²) in [5.41, 5.74) is 7.51. The topological polar surface area (TPSA) is 97.8 Å². The number of methoxy groups -OCH3 is 3. The number of carbonyl (C=O) groups is 1. The molecule has 0 atom stereocenters. The van der Waals surface area contributed by atoms with Gasteiger partial charge >= 0.3 is 0 Å². The number of aromatic nitrogens is 2. The molecule has 0 spiro atoms. The second-order valence-corrected chi connectivity index (χ2v) is 8.56. The number of nitrogens with zero attached hydrogens (tertiary/aromatic N) is 2. The van der Waals surface area contributed by atoms with Crippen LogP contribution in [-0.2, 0) is 5.75 Å². The van der Waals surface area contributed by atoms with Crippen molar-refractivity contribution >= 4 is 34.4 Å². The number of aromatic amines is 1. The first kappa shape index (κ1) is 24.2. The van der Waals surface area contributed by atoms with Gasteiger partial charge < -0.3 is 19.2 Å². The van der Waals surface area contributed by atoms with Crippen molar-refractivity contribution in [3.63, 3.8) is 0 Å². The van der Waals surface area contributed by atoms with E-state index in [1.54, 1.807) is 64.3 Å². The molecule has 0 aliphatic heterocycles. The average molecular weight is 491 g/mol. The van der Waals surface area contributed by atoms with Crippen molar-refractivity contribution in [2.24, 2.45) is 5.10 Å². The van der Waals surface area contributed by atoms with Crippen molar-refractivity contribution in [3.05, 3.63) is 77.4 Å². The molecule has 4 rings (SSSR count). The van der Waals surface area contributed by atoms with Gasteiger partial charge in [0.1, 0.15) is 0 Å². The van der Waals surface area contributed by atoms with Gasteiger partial charge in [-0.2, -0.15) is 5.10 Å². The molecule has 0 aliphatic carbocycles. The lowest BCUT2D eigenvalue weighted by Gasteiger charge is -2.14. The molecule has 0 unspecified atom stereocenters. The van der Waals surface area contributed by atoms with Gasteiger partial charge in [0.15, 0.2) is 16.7 Å². The van der Waals surface area contributed by atoms with Crippen LogP contribution in [0.3, 0.4) is 0 Å². The van der Waals surface area contributed by atoms with E-state index in [4.69, 9.17) is 14.2 Å². The van der Waals surface area contributed by atoms with Crippen LogP contribution < -0.4 is 19.6 Å². The molecule has 180 valence electrons. The summed E-state index contributed by atoms with van der Waals surface area (Å²) in [5, 5.41) is 5.11. The lowest BCUT2D eigenvalue weighted by Crippen LogP contribution is -2.19. The molecule has 3 aromatic carbocycles. The van der Waals surface area contributed by atoms with Crippen molar-refractivity contribution in [2.75, 3.05) is 21.3 Å². The molecule has 0 radical (unpaired) electrons. The van der Waals surface area contributed by atoms with Gasteiger partial charge in [-0.15, -0.1) is 0 Å². The number of H-pyrrole nitrogens is 1. The van der Waals surface area contributed by atoms with Gasteiger partial charge in [0.05, 0.1) is 38.1 Å². The van der Waals surface area contributed by atoms with Crippen LogP contribution in [0.2, 0.25) is 0 Å². The number of fused-ring (bicyclic) bond motifs is 1. The molecule has 1 amide bonds. The van der Waals surface area contributed by atoms with E-state index in [0.717, 1.165) is 33.1 Å². The number of nitrogens with one attached hydrogen (secondary N) is 2. The highest BCUT2D eigenvalue weighted by Gasteiger charge is 2.15. The normalized spacial score (nSPS) is 11.4. The zero-order valence-corrected chi connectivity index (χ0v) is 20.7. The zero-order valence-electron chi connectivity index (χ0n) is 19.9. The second kappa shape index (κ2) is 11.0. The first-order valence-electron chi connectivity index (χ1n) is 10.8. The summed E-state index contributed by atoms with van der Waals surface area (Å²) in [6, 6.07) is 18.9. The minimum atomic E-state index is -0.298. The Bertz CT molecular complexity index is 1310. The van der Waals surface area contributed by atoms with Crippen molar-refractivity contribution in [1.82, 2.24) is 15.4 Å². The number of hydrogen-bond donors (Lipinski definition) is 2. The van der Waals surface area contributed by atoms with Crippen LogP contribution in [-0.4, -0.2) is 42.9 Å². The maximum absolute atomic E-state index is 12.6. The Kier molecular flexibility index (Phi) is 7.57. The van der Waals surface area contributed by atoms with E-state index in [1.807, 2.05) is 36.4 Å². The van der Waals surface area contributed by atoms with Crippen LogP contribution in [0.25, 0.3) is 11.0 Å². The van der Waals surface area contributed by atoms with Gasteiger partial charge in [0, 0.05) is 16.9 Å². The standard InChI is InChI=1S/C26H26N4O4S/c1-16(19-13-22(32-2)24(34-4)23(14-19)33-3)29-30-25(31)18-11-9-17(10-12-18)15-35-26-27-20-7-5-6-8-21(20)28-26/h5-14H,15H2,1-4H3,(H,27,28)(H,30,31)/b29-16+. The van der Waals surface area contributed by atoms with Crippen LogP contribution >= 0.6 is 11.8 Å². The van der Waals surface area contributed by atoms with E-state index in [0.29, 0.717) is 28.5 Å². The molecular weight excluding hydrogens is 464 g/mol. The SMILES string of the molecule is COc1cc(/C(C)=N/NC(=O)c2ccc(CSc3nc4ccccc4[nH]3)cc2)cc(OC)c1OC. The van der Waals surface area contributed by atoms with Crippen LogP contribution in [0.1, 0.15) is 28.4 Å². The molecule has 8 nitrogen and oxygen atoms in total. The summed E-state index contributed by atoms with van der Waals surface area (Å²) in [6.45, 7) is 1.79. The Hall–Kier alpha value is -3.98. The summed E-state index contributed by atoms with van der Waals surface area (Å²) >= 11 is 1.62. The predicted molar refractivity (Wildman–Crippen MR) is 138 cm³/mol. The first-order chi connectivity index (χ1) is 17.0. The number of hydrogen-bond acceptors (Lipinski definition) is 7. The fraction of sp³-hybridized carbons (Fsp3) is 0.192. The van der Waals surface area contributed by atoms with E-state index in [9.17, 15) is 4.79 Å². The lowest BCUT2D eigenvalue weighted by atomic mass is 10.1. The fourth-order valence-electron chi connectivity index (χ4n) is 3.46. The molecule has 1 aromatic heterocycles. The minimum absolute atomic E-state index is 0.298. The largest absolute Gasteiger partial charge is 0.493 e. The molecule has 0 fully saturated rings. The third kappa shape index (κ3) is 5.58. The van der Waals surface area contributed by atoms with Gasteiger partial charge in [-0.1, -0.05) is 36.0 Å². The quantitative estimate of drug-likeness (QED) is 0.194. The predicted octanol–water partition coefficient (Wildman–Crippen LogP) is 5.04. The summed E-state index contributed by atoms with van der Waals surface area (Å²) in [6.07, 6.45) is 0. The molecular formula is C26H26N4O4S. The molecule has 0 aliphatic rings. The number of carbonyl (C=O) groups excluding carboxylic acids is 1. The molecule has 0 saturated heterocycles. The number of imidazole rings is 1. The molecule has 9 heteroatoms. The third-order valence-corrected chi connectivity index (χ3v) is 6.31. The second-order valence-electron chi connectivity index (χ2n) is 7.60. The summed E-state index contributed by atoms with van der Waals surface area (Å²) in [7, 11) is 4.65. The lowest BCUT2D eigenvalue weighted by molar-refractivity contribution is 0.0955. The summed E-state index contributed by atoms with van der Waals surface area (Å²) in [5.74, 6) is 1.96. The molecule has 0 saturated carbocycles. The number of amides is 1. The Morgan fingerprint density at radius 2 is 1.66 bits per heavy atom. The van der Waals surface area contributed by atoms with Crippen molar-refractivity contribution in [1.29, 1.82) is 0 Å². The van der Waals surface area contributed by atoms with Gasteiger partial charge in [-0.05, 0) is 48.9 Å². The first-order valence-corrected chi connectivity index (χ1v) is 11.8. The Morgan fingerprint density at radius 1 is 0.971 bits per heavy atom. The van der Waals surface area contributed by atoms with Crippen LogP contribution in [0.4, 0.5) is 0 Å². The number of rotatable bonds is 9. The monoisotopic (exact) mass is 490 g/mol. The number of ether oxygens (including phenoxy) is 3. The Labute approximate surface area is 207 Å². The van der Waals surface area contributed by atoms with Crippen molar-refractivity contribution in [2.45, 2.75) is 17.8 Å². The average Bonchev–Trinajstić information content (AvgIpc) is 3.32. The minimum Gasteiger partial charge on any atom is -0.493 e. The summed E-state index contributed by atoms with van der Waals surface area (Å²) < 4.78 is 16.1. The van der Waals surface area contributed by atoms with Crippen LogP contribution in [0.5, 0.6) is 17.2 Å². The van der Waals surface area contributed by atoms with Crippen LogP contribution in [0, 0.1) is 0 Å². The maximum Gasteiger partial charge on any atom is 0.271 e. The number of thioether (sulfide) groups is 1. The number of benzene rings is 3. The van der Waals surface area contributed by atoms with E-state index in [2.05, 4.69) is 20.5 Å². The molecule has 0 bridgehead atoms. The van der Waals surface area contributed by atoms with Gasteiger partial charge in [0.25, 0.3) is 5.91 Å². The smallest absolute Gasteiger partial charge is 0.271 e. The highest BCUT2D eigenvalue weighted by Crippen LogP contribution is 2.38. The van der Waals surface area contributed by atoms with E-state index in [1.165, 1.54) is 0 Å². The number of para-hydroxylation sites is 2.